The van der Waals surface area contributed by atoms with E-state index in [1.165, 1.54) is 6.07 Å². The van der Waals surface area contributed by atoms with Crippen LogP contribution >= 0.6 is 0 Å². The second-order valence-corrected chi connectivity index (χ2v) is 11.0. The Kier molecular flexibility index (Phi) is 6.78. The van der Waals surface area contributed by atoms with Crippen LogP contribution in [0.5, 0.6) is 0 Å². The third kappa shape index (κ3) is 5.86. The van der Waals surface area contributed by atoms with Gasteiger partial charge in [0.25, 0.3) is 0 Å². The topological polar surface area (TPSA) is 78.9 Å². The molecular weight excluding hydrogens is 558 g/mol. The van der Waals surface area contributed by atoms with Gasteiger partial charge >= 0.3 is 145 Å². The van der Waals surface area contributed by atoms with Crippen LogP contribution in [0.25, 0.3) is 0 Å². The molecule has 0 atom stereocenters. The monoisotopic (exact) mass is 566 g/mol. The molecule has 13 heteroatoms. The molecular formula is C12H7F6O6Tl. The molecule has 1 aromatic rings. The van der Waals surface area contributed by atoms with Gasteiger partial charge in [-0.25, -0.2) is 0 Å². The summed E-state index contributed by atoms with van der Waals surface area (Å²) < 4.78 is 85.8. The number of ether oxygens (including phenoxy) is 1. The molecule has 0 heterocycles. The predicted octanol–water partition coefficient (Wildman–Crippen LogP) is 1.38. The fourth-order valence-electron chi connectivity index (χ4n) is 1.48. The summed E-state index contributed by atoms with van der Waals surface area (Å²) in [5, 5.41) is 0. The number of halogens is 6. The number of methoxy groups -OCH3 is 1. The Morgan fingerprint density at radius 2 is 1.32 bits per heavy atom. The molecule has 0 spiro atoms. The van der Waals surface area contributed by atoms with Crippen molar-refractivity contribution < 1.29 is 50.8 Å². The minimum absolute atomic E-state index is 0.471. The normalized spacial score (nSPS) is 11.5. The van der Waals surface area contributed by atoms with E-state index in [4.69, 9.17) is 0 Å². The van der Waals surface area contributed by atoms with Gasteiger partial charge in [-0.05, 0) is 0 Å². The molecule has 0 saturated heterocycles. The fourth-order valence-corrected chi connectivity index (χ4v) is 8.06. The zero-order valence-corrected chi connectivity index (χ0v) is 16.6. The number of hydrogen-bond acceptors (Lipinski definition) is 6. The number of alkyl halides is 6. The van der Waals surface area contributed by atoms with Crippen LogP contribution < -0.4 is 3.12 Å². The molecule has 0 unspecified atom stereocenters. The van der Waals surface area contributed by atoms with Crippen molar-refractivity contribution in [2.24, 2.45) is 0 Å². The van der Waals surface area contributed by atoms with Gasteiger partial charge in [0.05, 0.1) is 0 Å². The average molecular weight is 566 g/mol. The van der Waals surface area contributed by atoms with Crippen molar-refractivity contribution in [3.8, 4) is 0 Å². The van der Waals surface area contributed by atoms with Gasteiger partial charge in [0, 0.05) is 0 Å². The molecule has 1 aromatic carbocycles. The first-order valence-electron chi connectivity index (χ1n) is 6.10. The van der Waals surface area contributed by atoms with Crippen LogP contribution in [0.15, 0.2) is 24.3 Å². The van der Waals surface area contributed by atoms with E-state index >= 15 is 0 Å². The summed E-state index contributed by atoms with van der Waals surface area (Å²) in [6.07, 6.45) is -11.0. The SMILES string of the molecule is COC(=O)c1cccc[c]1[Tl]([O]C(=O)C(F)(F)F)[O]C(=O)C(F)(F)F. The molecule has 0 N–H and O–H groups in total. The molecule has 1 rings (SSSR count). The Morgan fingerprint density at radius 3 is 1.72 bits per heavy atom. The van der Waals surface area contributed by atoms with E-state index in [-0.39, 0.29) is 0 Å². The van der Waals surface area contributed by atoms with E-state index in [9.17, 15) is 40.7 Å². The summed E-state index contributed by atoms with van der Waals surface area (Å²) in [4.78, 5) is 33.5. The van der Waals surface area contributed by atoms with E-state index in [2.05, 4.69) is 10.1 Å². The van der Waals surface area contributed by atoms with E-state index in [1.807, 2.05) is 0 Å². The fraction of sp³-hybridized carbons (Fsp3) is 0.250. The van der Waals surface area contributed by atoms with Crippen LogP contribution in [0.1, 0.15) is 10.4 Å². The number of rotatable bonds is 4. The zero-order valence-electron chi connectivity index (χ0n) is 12.1. The molecule has 0 aliphatic rings. The first-order chi connectivity index (χ1) is 11.4. The minimum atomic E-state index is -5.52. The molecule has 0 aromatic heterocycles. The van der Waals surface area contributed by atoms with Gasteiger partial charge in [-0.2, -0.15) is 0 Å². The van der Waals surface area contributed by atoms with Crippen molar-refractivity contribution in [2.75, 3.05) is 7.11 Å². The number of esters is 1. The van der Waals surface area contributed by atoms with Crippen LogP contribution in [0.2, 0.25) is 0 Å². The quantitative estimate of drug-likeness (QED) is 0.312. The van der Waals surface area contributed by atoms with Crippen LogP contribution in [0.3, 0.4) is 0 Å². The predicted molar refractivity (Wildman–Crippen MR) is 67.5 cm³/mol. The maximum atomic E-state index is 12.3. The summed E-state index contributed by atoms with van der Waals surface area (Å²) in [5.74, 6) is -6.77. The Morgan fingerprint density at radius 1 is 0.880 bits per heavy atom. The van der Waals surface area contributed by atoms with Crippen molar-refractivity contribution in [1.29, 1.82) is 0 Å². The summed E-state index contributed by atoms with van der Waals surface area (Å²) in [6, 6.07) is 4.32. The number of benzene rings is 1. The maximum absolute atomic E-state index is 12.3. The number of hydrogen-bond donors (Lipinski definition) is 0. The molecule has 25 heavy (non-hydrogen) atoms. The summed E-state index contributed by atoms with van der Waals surface area (Å²) in [6.45, 7) is 0. The van der Waals surface area contributed by atoms with Crippen molar-refractivity contribution in [2.45, 2.75) is 12.4 Å². The Bertz CT molecular complexity index is 643. The van der Waals surface area contributed by atoms with Crippen LogP contribution in [0.4, 0.5) is 26.3 Å². The molecule has 136 valence electrons. The third-order valence-corrected chi connectivity index (χ3v) is 9.77. The molecule has 0 radical (unpaired) electrons. The van der Waals surface area contributed by atoms with E-state index in [1.54, 1.807) is 0 Å². The van der Waals surface area contributed by atoms with Gasteiger partial charge in [-0.3, -0.25) is 0 Å². The standard InChI is InChI=1S/C8H7O2.2C2HF3O2.Tl/c1-10-8(9)7-5-3-2-4-6-7;2*3-2(4,5)1(6)7;/h2-5H,1H3;2*(H,6,7);/q;;;+2/p-2. The van der Waals surface area contributed by atoms with Gasteiger partial charge in [-0.15, -0.1) is 0 Å². The Balaban J connectivity index is 3.30. The first kappa shape index (κ1) is 21.2. The van der Waals surface area contributed by atoms with E-state index in [0.29, 0.717) is 0 Å². The summed E-state index contributed by atoms with van der Waals surface area (Å²) in [5.41, 5.74) is -0.471. The average Bonchev–Trinajstić information content (AvgIpc) is 2.51. The summed E-state index contributed by atoms with van der Waals surface area (Å²) in [7, 11) is 0.911. The molecule has 6 nitrogen and oxygen atoms in total. The van der Waals surface area contributed by atoms with Gasteiger partial charge in [0.15, 0.2) is 0 Å². The third-order valence-electron chi connectivity index (χ3n) is 2.51. The Hall–Kier alpha value is -1.87. The van der Waals surface area contributed by atoms with Crippen molar-refractivity contribution in [1.82, 2.24) is 0 Å². The van der Waals surface area contributed by atoms with Gasteiger partial charge in [-0.1, -0.05) is 0 Å². The number of carbonyl (C=O) groups excluding carboxylic acids is 3. The van der Waals surface area contributed by atoms with Gasteiger partial charge in [0.2, 0.25) is 0 Å². The summed E-state index contributed by atoms with van der Waals surface area (Å²) >= 11 is -5.46. The van der Waals surface area contributed by atoms with Gasteiger partial charge in [0.1, 0.15) is 0 Å². The Labute approximate surface area is 145 Å². The van der Waals surface area contributed by atoms with Crippen molar-refractivity contribution in [3.05, 3.63) is 29.8 Å². The van der Waals surface area contributed by atoms with Crippen LogP contribution in [-0.2, 0) is 19.7 Å². The zero-order chi connectivity index (χ0) is 19.4. The first-order valence-corrected chi connectivity index (χ1v) is 12.0. The van der Waals surface area contributed by atoms with Gasteiger partial charge < -0.3 is 0 Å². The second-order valence-electron chi connectivity index (χ2n) is 4.22. The molecule has 0 amide bonds. The molecule has 0 bridgehead atoms. The number of carbonyl (C=O) groups is 3. The second kappa shape index (κ2) is 8.01. The molecule has 0 saturated carbocycles. The van der Waals surface area contributed by atoms with Crippen LogP contribution in [0, 0.1) is 0 Å². The van der Waals surface area contributed by atoms with E-state index < -0.39 is 62.6 Å². The van der Waals surface area contributed by atoms with Crippen LogP contribution in [-0.4, -0.2) is 61.0 Å². The van der Waals surface area contributed by atoms with E-state index in [0.717, 1.165) is 25.3 Å². The molecule has 0 fully saturated rings. The van der Waals surface area contributed by atoms with Crippen molar-refractivity contribution in [3.63, 3.8) is 0 Å². The molecule has 0 aliphatic heterocycles. The molecule has 0 aliphatic carbocycles. The van der Waals surface area contributed by atoms with Crippen molar-refractivity contribution >= 4 is 44.6 Å².